The van der Waals surface area contributed by atoms with Gasteiger partial charge in [-0.3, -0.25) is 9.69 Å². The molecule has 0 spiro atoms. The van der Waals surface area contributed by atoms with Gasteiger partial charge in [-0.25, -0.2) is 0 Å². The summed E-state index contributed by atoms with van der Waals surface area (Å²) in [6.07, 6.45) is -4.34. The molecule has 7 heteroatoms. The van der Waals surface area contributed by atoms with Crippen LogP contribution in [0.25, 0.3) is 11.1 Å². The molecule has 2 aromatic rings. The zero-order chi connectivity index (χ0) is 21.6. The molecule has 0 bridgehead atoms. The fourth-order valence-corrected chi connectivity index (χ4v) is 3.40. The highest BCUT2D eigenvalue weighted by Crippen LogP contribution is 2.37. The summed E-state index contributed by atoms with van der Waals surface area (Å²) in [4.78, 5) is 14.9. The Bertz CT molecular complexity index is 925. The number of benzene rings is 2. The summed E-state index contributed by atoms with van der Waals surface area (Å²) >= 11 is 0. The summed E-state index contributed by atoms with van der Waals surface area (Å²) < 4.78 is 40.7. The molecule has 30 heavy (non-hydrogen) atoms. The number of halogens is 3. The summed E-state index contributed by atoms with van der Waals surface area (Å²) in [6.45, 7) is 4.04. The van der Waals surface area contributed by atoms with Crippen LogP contribution in [-0.2, 0) is 11.0 Å². The number of piperazine rings is 1. The molecule has 1 fully saturated rings. The molecule has 0 saturated carbocycles. The van der Waals surface area contributed by atoms with E-state index in [-0.39, 0.29) is 12.0 Å². The lowest BCUT2D eigenvalue weighted by Crippen LogP contribution is -2.46. The average molecular weight is 416 g/mol. The van der Waals surface area contributed by atoms with Crippen molar-refractivity contribution in [3.05, 3.63) is 59.7 Å². The molecule has 0 aliphatic carbocycles. The number of carbonyl (C=O) groups is 1. The van der Waals surface area contributed by atoms with Crippen molar-refractivity contribution in [2.45, 2.75) is 12.6 Å². The number of carboxylic acid groups (broad SMARTS) is 1. The molecule has 0 amide bonds. The van der Waals surface area contributed by atoms with Gasteiger partial charge in [-0.15, -0.1) is 0 Å². The van der Waals surface area contributed by atoms with Crippen LogP contribution in [0.15, 0.2) is 48.5 Å². The topological polar surface area (TPSA) is 43.8 Å². The highest BCUT2D eigenvalue weighted by molar-refractivity contribution is 5.69. The maximum absolute atomic E-state index is 13.6. The first-order valence-electron chi connectivity index (χ1n) is 9.75. The van der Waals surface area contributed by atoms with Crippen molar-refractivity contribution in [2.75, 3.05) is 39.3 Å². The first-order valence-corrected chi connectivity index (χ1v) is 9.75. The molecule has 4 nitrogen and oxygen atoms in total. The standard InChI is InChI=1S/C23H23F3N2O2/c24-23(25,26)21-17-18(8-9-20(21)19-6-2-1-3-7-19)5-4-11-27-13-15-28(16-14-27)12-10-22(29)30/h1-3,6-9,17H,10-16H2,(H,29,30). The van der Waals surface area contributed by atoms with E-state index in [1.165, 1.54) is 6.07 Å². The molecule has 0 aromatic heterocycles. The normalized spacial score (nSPS) is 15.4. The van der Waals surface area contributed by atoms with Crippen molar-refractivity contribution in [3.63, 3.8) is 0 Å². The van der Waals surface area contributed by atoms with Crippen LogP contribution in [0.4, 0.5) is 13.2 Å². The highest BCUT2D eigenvalue weighted by Gasteiger charge is 2.33. The van der Waals surface area contributed by atoms with Gasteiger partial charge in [-0.1, -0.05) is 48.2 Å². The Morgan fingerprint density at radius 1 is 1.00 bits per heavy atom. The van der Waals surface area contributed by atoms with Gasteiger partial charge < -0.3 is 10.0 Å². The van der Waals surface area contributed by atoms with Gasteiger partial charge in [0.25, 0.3) is 0 Å². The van der Waals surface area contributed by atoms with Crippen LogP contribution in [0.5, 0.6) is 0 Å². The van der Waals surface area contributed by atoms with Crippen LogP contribution < -0.4 is 0 Å². The fraction of sp³-hybridized carbons (Fsp3) is 0.348. The summed E-state index contributed by atoms with van der Waals surface area (Å²) in [5.41, 5.74) is 0.311. The largest absolute Gasteiger partial charge is 0.481 e. The van der Waals surface area contributed by atoms with Gasteiger partial charge in [0.15, 0.2) is 0 Å². The van der Waals surface area contributed by atoms with Crippen molar-refractivity contribution in [3.8, 4) is 23.0 Å². The van der Waals surface area contributed by atoms with Crippen LogP contribution in [0.3, 0.4) is 0 Å². The third kappa shape index (κ3) is 6.09. The number of carboxylic acids is 1. The predicted octanol–water partition coefficient (Wildman–Crippen LogP) is 3.82. The van der Waals surface area contributed by atoms with Gasteiger partial charge in [-0.2, -0.15) is 13.2 Å². The van der Waals surface area contributed by atoms with E-state index in [2.05, 4.69) is 21.6 Å². The molecule has 0 atom stereocenters. The van der Waals surface area contributed by atoms with E-state index < -0.39 is 17.7 Å². The number of nitrogens with zero attached hydrogens (tertiary/aromatic N) is 2. The second-order valence-corrected chi connectivity index (χ2v) is 7.19. The third-order valence-corrected chi connectivity index (χ3v) is 5.05. The van der Waals surface area contributed by atoms with Crippen molar-refractivity contribution < 1.29 is 23.1 Å². The molecule has 158 valence electrons. The summed E-state index contributed by atoms with van der Waals surface area (Å²) in [6, 6.07) is 12.7. The Morgan fingerprint density at radius 3 is 2.30 bits per heavy atom. The van der Waals surface area contributed by atoms with E-state index in [1.807, 2.05) is 0 Å². The van der Waals surface area contributed by atoms with Crippen molar-refractivity contribution in [2.24, 2.45) is 0 Å². The summed E-state index contributed by atoms with van der Waals surface area (Å²) in [5.74, 6) is 5.02. The molecule has 1 heterocycles. The molecule has 0 unspecified atom stereocenters. The maximum atomic E-state index is 13.6. The van der Waals surface area contributed by atoms with Crippen LogP contribution >= 0.6 is 0 Å². The summed E-state index contributed by atoms with van der Waals surface area (Å²) in [7, 11) is 0. The van der Waals surface area contributed by atoms with Crippen LogP contribution in [0, 0.1) is 11.8 Å². The molecule has 2 aromatic carbocycles. The average Bonchev–Trinajstić information content (AvgIpc) is 2.73. The monoisotopic (exact) mass is 416 g/mol. The zero-order valence-electron chi connectivity index (χ0n) is 16.5. The molecule has 1 saturated heterocycles. The van der Waals surface area contributed by atoms with Gasteiger partial charge in [-0.05, 0) is 23.3 Å². The molecular formula is C23H23F3N2O2. The van der Waals surface area contributed by atoms with Crippen molar-refractivity contribution in [1.29, 1.82) is 0 Å². The van der Waals surface area contributed by atoms with Gasteiger partial charge in [0.05, 0.1) is 18.5 Å². The fourth-order valence-electron chi connectivity index (χ4n) is 3.40. The lowest BCUT2D eigenvalue weighted by Gasteiger charge is -2.33. The van der Waals surface area contributed by atoms with E-state index in [9.17, 15) is 18.0 Å². The minimum atomic E-state index is -4.46. The number of aliphatic carboxylic acids is 1. The van der Waals surface area contributed by atoms with Crippen LogP contribution in [0.2, 0.25) is 0 Å². The van der Waals surface area contributed by atoms with Gasteiger partial charge in [0.2, 0.25) is 0 Å². The van der Waals surface area contributed by atoms with E-state index >= 15 is 0 Å². The molecule has 0 radical (unpaired) electrons. The molecule has 3 rings (SSSR count). The number of alkyl halides is 3. The second kappa shape index (κ2) is 9.79. The Kier molecular flexibility index (Phi) is 7.14. The van der Waals surface area contributed by atoms with Gasteiger partial charge in [0, 0.05) is 38.3 Å². The van der Waals surface area contributed by atoms with Crippen LogP contribution in [-0.4, -0.2) is 60.1 Å². The summed E-state index contributed by atoms with van der Waals surface area (Å²) in [5, 5.41) is 8.75. The second-order valence-electron chi connectivity index (χ2n) is 7.19. The SMILES string of the molecule is O=C(O)CCN1CCN(CC#Cc2ccc(-c3ccccc3)c(C(F)(F)F)c2)CC1. The Hall–Kier alpha value is -2.82. The van der Waals surface area contributed by atoms with E-state index in [0.29, 0.717) is 24.2 Å². The predicted molar refractivity (Wildman–Crippen MR) is 109 cm³/mol. The smallest absolute Gasteiger partial charge is 0.417 e. The Balaban J connectivity index is 1.64. The molecule has 1 N–H and O–H groups in total. The van der Waals surface area contributed by atoms with E-state index in [0.717, 1.165) is 32.2 Å². The minimum Gasteiger partial charge on any atom is -0.481 e. The first-order chi connectivity index (χ1) is 14.3. The lowest BCUT2D eigenvalue weighted by atomic mass is 9.97. The molecule has 1 aliphatic heterocycles. The lowest BCUT2D eigenvalue weighted by molar-refractivity contribution is -0.138. The minimum absolute atomic E-state index is 0.125. The number of hydrogen-bond acceptors (Lipinski definition) is 3. The third-order valence-electron chi connectivity index (χ3n) is 5.05. The van der Waals surface area contributed by atoms with E-state index in [1.54, 1.807) is 36.4 Å². The van der Waals surface area contributed by atoms with Gasteiger partial charge in [0.1, 0.15) is 0 Å². The zero-order valence-corrected chi connectivity index (χ0v) is 16.5. The molecule has 1 aliphatic rings. The van der Waals surface area contributed by atoms with Crippen LogP contribution in [0.1, 0.15) is 17.5 Å². The van der Waals surface area contributed by atoms with Gasteiger partial charge >= 0.3 is 12.1 Å². The number of hydrogen-bond donors (Lipinski definition) is 1. The Morgan fingerprint density at radius 2 is 1.67 bits per heavy atom. The molecular weight excluding hydrogens is 393 g/mol. The Labute approximate surface area is 173 Å². The van der Waals surface area contributed by atoms with E-state index in [4.69, 9.17) is 5.11 Å². The highest BCUT2D eigenvalue weighted by atomic mass is 19.4. The van der Waals surface area contributed by atoms with Crippen molar-refractivity contribution in [1.82, 2.24) is 9.80 Å². The van der Waals surface area contributed by atoms with Crippen molar-refractivity contribution >= 4 is 5.97 Å². The maximum Gasteiger partial charge on any atom is 0.417 e. The quantitative estimate of drug-likeness (QED) is 0.753. The number of rotatable bonds is 5. The first kappa shape index (κ1) is 21.9.